The first-order valence-corrected chi connectivity index (χ1v) is 6.49. The normalized spacial score (nSPS) is 11.6. The molecule has 0 spiro atoms. The first-order chi connectivity index (χ1) is 8.24. The first kappa shape index (κ1) is 16.3. The number of aromatic nitrogens is 1. The minimum absolute atomic E-state index is 0.396. The van der Waals surface area contributed by atoms with Crippen molar-refractivity contribution in [1.29, 1.82) is 0 Å². The molecular weight excluding hydrogens is 307 g/mol. The van der Waals surface area contributed by atoms with Crippen LogP contribution in [0.15, 0.2) is 34.5 Å². The zero-order valence-electron chi connectivity index (χ0n) is 9.45. The number of rotatable bonds is 3. The van der Waals surface area contributed by atoms with Crippen LogP contribution in [-0.4, -0.2) is 22.4 Å². The standard InChI is InChI=1S/C10H14N4S.ClH.Cu/c1-3-11-10(15)14-13-8(2)9-6-4-5-7-12-9;;/h4-7H,3H2,1-2H3,(H2,11,14,15);1H;/q;;+2/p-2/b13-8+;;. The summed E-state index contributed by atoms with van der Waals surface area (Å²) >= 11 is 8.58. The minimum atomic E-state index is 0.396. The van der Waals surface area contributed by atoms with Gasteiger partial charge in [-0.2, -0.15) is 5.10 Å². The fourth-order valence-electron chi connectivity index (χ4n) is 0.945. The predicted octanol–water partition coefficient (Wildman–Crippen LogP) is 2.00. The first-order valence-electron chi connectivity index (χ1n) is 4.78. The summed E-state index contributed by atoms with van der Waals surface area (Å²) in [6.07, 6.45) is 1.73. The van der Waals surface area contributed by atoms with E-state index < -0.39 is 0 Å². The number of hydrazone groups is 1. The number of hydrogen-bond donors (Lipinski definition) is 1. The maximum atomic E-state index is 4.92. The summed E-state index contributed by atoms with van der Waals surface area (Å²) in [4.78, 5) is 8.14. The van der Waals surface area contributed by atoms with E-state index in [1.165, 1.54) is 0 Å². The molecule has 1 aromatic heterocycles. The van der Waals surface area contributed by atoms with Crippen molar-refractivity contribution >= 4 is 33.6 Å². The number of pyridine rings is 1. The van der Waals surface area contributed by atoms with Crippen LogP contribution in [0.1, 0.15) is 19.5 Å². The molecule has 0 aromatic carbocycles. The summed E-state index contributed by atoms with van der Waals surface area (Å²) in [5.41, 5.74) is 4.30. The van der Waals surface area contributed by atoms with E-state index in [1.54, 1.807) is 6.20 Å². The Labute approximate surface area is 119 Å². The third-order valence-electron chi connectivity index (χ3n) is 1.66. The number of nitrogens with one attached hydrogen (secondary N) is 1. The van der Waals surface area contributed by atoms with Crippen LogP contribution in [0.3, 0.4) is 0 Å². The van der Waals surface area contributed by atoms with E-state index in [0.717, 1.165) is 11.4 Å². The van der Waals surface area contributed by atoms with Crippen molar-refractivity contribution in [2.75, 3.05) is 6.54 Å². The molecule has 0 aliphatic rings. The molecule has 1 N–H and O–H groups in total. The van der Waals surface area contributed by atoms with Gasteiger partial charge in [0, 0.05) is 12.7 Å². The van der Waals surface area contributed by atoms with Gasteiger partial charge in [0.15, 0.2) is 0 Å². The van der Waals surface area contributed by atoms with Crippen LogP contribution < -0.4 is 5.43 Å². The van der Waals surface area contributed by atoms with E-state index in [2.05, 4.69) is 45.7 Å². The van der Waals surface area contributed by atoms with Crippen molar-refractivity contribution < 1.29 is 15.1 Å². The third kappa shape index (κ3) is 7.28. The molecule has 0 saturated carbocycles. The summed E-state index contributed by atoms with van der Waals surface area (Å²) in [6, 6.07) is 5.66. The number of aliphatic imine (C=N–C) groups is 1. The van der Waals surface area contributed by atoms with Crippen molar-refractivity contribution in [3.05, 3.63) is 30.1 Å². The molecule has 0 unspecified atom stereocenters. The summed E-state index contributed by atoms with van der Waals surface area (Å²) in [5, 5.41) is 4.48. The van der Waals surface area contributed by atoms with E-state index in [0.29, 0.717) is 11.7 Å². The van der Waals surface area contributed by atoms with Crippen LogP contribution in [0.2, 0.25) is 0 Å². The van der Waals surface area contributed by atoms with Crippen molar-refractivity contribution in [1.82, 2.24) is 10.4 Å². The summed E-state index contributed by atoms with van der Waals surface area (Å²) in [6.45, 7) is 4.44. The van der Waals surface area contributed by atoms with Gasteiger partial charge in [-0.15, -0.1) is 0 Å². The van der Waals surface area contributed by atoms with E-state index >= 15 is 0 Å². The fourth-order valence-corrected chi connectivity index (χ4v) is 1.12. The molecule has 0 aliphatic heterocycles. The van der Waals surface area contributed by atoms with Gasteiger partial charge >= 0.3 is 25.2 Å². The Bertz CT molecular complexity index is 370. The molecule has 0 atom stereocenters. The third-order valence-corrected chi connectivity index (χ3v) is 1.88. The average Bonchev–Trinajstić information content (AvgIpc) is 2.40. The molecule has 0 bridgehead atoms. The Kier molecular flexibility index (Phi) is 10.1. The van der Waals surface area contributed by atoms with E-state index in [9.17, 15) is 0 Å². The van der Waals surface area contributed by atoms with Crippen molar-refractivity contribution in [2.24, 2.45) is 10.1 Å². The molecule has 0 amide bonds. The Balaban J connectivity index is 0.00000121. The van der Waals surface area contributed by atoms with Crippen LogP contribution in [-0.2, 0) is 27.7 Å². The molecule has 1 aromatic rings. The number of halogens is 1. The van der Waals surface area contributed by atoms with Gasteiger partial charge in [0.05, 0.1) is 11.4 Å². The Morgan fingerprint density at radius 2 is 2.24 bits per heavy atom. The van der Waals surface area contributed by atoms with Crippen molar-refractivity contribution in [2.45, 2.75) is 13.8 Å². The van der Waals surface area contributed by atoms with E-state index in [4.69, 9.17) is 12.6 Å². The zero-order valence-corrected chi connectivity index (χ0v) is 12.0. The number of amidine groups is 1. The Morgan fingerprint density at radius 3 is 2.76 bits per heavy atom. The molecule has 1 rings (SSSR count). The van der Waals surface area contributed by atoms with Gasteiger partial charge in [-0.25, -0.2) is 0 Å². The second-order valence-corrected chi connectivity index (χ2v) is 3.19. The van der Waals surface area contributed by atoms with Crippen LogP contribution in [0.5, 0.6) is 0 Å². The van der Waals surface area contributed by atoms with Crippen LogP contribution >= 0.6 is 10.1 Å². The molecule has 1 heterocycles. The summed E-state index contributed by atoms with van der Waals surface area (Å²) in [5.74, 6) is 0. The van der Waals surface area contributed by atoms with Crippen molar-refractivity contribution in [3.63, 3.8) is 0 Å². The molecule has 0 aliphatic carbocycles. The van der Waals surface area contributed by atoms with Gasteiger partial charge in [0.2, 0.25) is 0 Å². The molecule has 7 heteroatoms. The van der Waals surface area contributed by atoms with Crippen LogP contribution in [0.25, 0.3) is 0 Å². The van der Waals surface area contributed by atoms with Gasteiger partial charge in [-0.3, -0.25) is 15.4 Å². The van der Waals surface area contributed by atoms with Crippen LogP contribution in [0.4, 0.5) is 0 Å². The van der Waals surface area contributed by atoms with Crippen LogP contribution in [0, 0.1) is 0 Å². The molecule has 4 nitrogen and oxygen atoms in total. The maximum absolute atomic E-state index is 4.92. The molecule has 17 heavy (non-hydrogen) atoms. The topological polar surface area (TPSA) is 49.6 Å². The molecule has 0 saturated heterocycles. The molecule has 0 radical (unpaired) electrons. The molecule has 0 fully saturated rings. The van der Waals surface area contributed by atoms with Gasteiger partial charge in [-0.05, 0) is 31.1 Å². The van der Waals surface area contributed by atoms with Crippen molar-refractivity contribution in [3.8, 4) is 0 Å². The van der Waals surface area contributed by atoms with E-state index in [-0.39, 0.29) is 0 Å². The molecular formula is C10H13ClCuN4S. The number of hydrogen-bond acceptors (Lipinski definition) is 4. The second kappa shape index (κ2) is 10.5. The van der Waals surface area contributed by atoms with Gasteiger partial charge in [0.1, 0.15) is 0 Å². The monoisotopic (exact) mass is 319 g/mol. The Hall–Kier alpha value is -0.681. The number of nitrogens with zero attached hydrogens (tertiary/aromatic N) is 3. The van der Waals surface area contributed by atoms with Gasteiger partial charge in [-0.1, -0.05) is 6.07 Å². The molecule has 97 valence electrons. The van der Waals surface area contributed by atoms with E-state index in [1.807, 2.05) is 32.0 Å². The fraction of sp³-hybridized carbons (Fsp3) is 0.300. The van der Waals surface area contributed by atoms with Gasteiger partial charge < -0.3 is 12.6 Å². The Morgan fingerprint density at radius 1 is 1.53 bits per heavy atom. The van der Waals surface area contributed by atoms with Gasteiger partial charge in [0.25, 0.3) is 0 Å². The average molecular weight is 320 g/mol. The quantitative estimate of drug-likeness (QED) is 0.305. The predicted molar refractivity (Wildman–Crippen MR) is 70.8 cm³/mol. The summed E-state index contributed by atoms with van der Waals surface area (Å²) in [7, 11) is 4.20. The summed E-state index contributed by atoms with van der Waals surface area (Å²) < 4.78 is 0. The SMILES string of the molecule is CCN=C([S-])N/N=C(\C)c1ccccn1.[Cl][Cu+]. The second-order valence-electron chi connectivity index (χ2n) is 2.80. The zero-order chi connectivity index (χ0) is 13.1.